The maximum Gasteiger partial charge on any atom is 0.264 e. The van der Waals surface area contributed by atoms with Crippen molar-refractivity contribution in [3.05, 3.63) is 0 Å². The first-order chi connectivity index (χ1) is 4.33. The van der Waals surface area contributed by atoms with E-state index in [9.17, 15) is 8.42 Å². The molecule has 0 aromatic carbocycles. The largest absolute Gasteiger partial charge is 0.326 e. The van der Waals surface area contributed by atoms with Crippen LogP contribution in [0.4, 0.5) is 0 Å². The summed E-state index contributed by atoms with van der Waals surface area (Å²) in [7, 11) is -3.35. The molecule has 2 atom stereocenters. The lowest BCUT2D eigenvalue weighted by Gasteiger charge is -2.13. The van der Waals surface area contributed by atoms with Crippen LogP contribution in [0.3, 0.4) is 0 Å². The van der Waals surface area contributed by atoms with Gasteiger partial charge in [-0.15, -0.1) is 0 Å². The first-order valence-electron chi connectivity index (χ1n) is 2.97. The van der Waals surface area contributed by atoms with Crippen molar-refractivity contribution < 1.29 is 12.6 Å². The zero-order valence-electron chi connectivity index (χ0n) is 6.37. The SMILES string of the molecule is C[C@H](OS(C)(=O)=O)[C@@H](C)N. The highest BCUT2D eigenvalue weighted by Gasteiger charge is 2.13. The van der Waals surface area contributed by atoms with Crippen LogP contribution < -0.4 is 5.73 Å². The van der Waals surface area contributed by atoms with Crippen LogP contribution in [0.1, 0.15) is 13.8 Å². The Morgan fingerprint density at radius 1 is 1.40 bits per heavy atom. The molecule has 0 aliphatic rings. The van der Waals surface area contributed by atoms with E-state index < -0.39 is 16.2 Å². The Hall–Kier alpha value is -0.130. The zero-order valence-corrected chi connectivity index (χ0v) is 7.18. The van der Waals surface area contributed by atoms with Crippen molar-refractivity contribution in [2.75, 3.05) is 6.26 Å². The fraction of sp³-hybridized carbons (Fsp3) is 1.00. The zero-order chi connectivity index (χ0) is 8.36. The first-order valence-corrected chi connectivity index (χ1v) is 4.78. The highest BCUT2D eigenvalue weighted by Crippen LogP contribution is 1.99. The minimum Gasteiger partial charge on any atom is -0.326 e. The van der Waals surface area contributed by atoms with Crippen LogP contribution in [0.2, 0.25) is 0 Å². The van der Waals surface area contributed by atoms with Gasteiger partial charge in [0.2, 0.25) is 0 Å². The molecule has 0 aliphatic heterocycles. The lowest BCUT2D eigenvalue weighted by atomic mass is 10.2. The van der Waals surface area contributed by atoms with Gasteiger partial charge >= 0.3 is 0 Å². The fourth-order valence-electron chi connectivity index (χ4n) is 0.363. The number of nitrogens with two attached hydrogens (primary N) is 1. The van der Waals surface area contributed by atoms with E-state index >= 15 is 0 Å². The molecule has 0 aromatic heterocycles. The molecule has 0 aliphatic carbocycles. The smallest absolute Gasteiger partial charge is 0.264 e. The summed E-state index contributed by atoms with van der Waals surface area (Å²) in [6, 6.07) is -0.269. The average Bonchev–Trinajstić information content (AvgIpc) is 1.60. The Bertz CT molecular complexity index is 185. The molecule has 0 rings (SSSR count). The van der Waals surface area contributed by atoms with Crippen LogP contribution >= 0.6 is 0 Å². The van der Waals surface area contributed by atoms with E-state index in [4.69, 9.17) is 5.73 Å². The van der Waals surface area contributed by atoms with Crippen molar-refractivity contribution in [3.8, 4) is 0 Å². The van der Waals surface area contributed by atoms with Crippen LogP contribution in [-0.2, 0) is 14.3 Å². The van der Waals surface area contributed by atoms with Crippen molar-refractivity contribution in [1.29, 1.82) is 0 Å². The molecule has 0 radical (unpaired) electrons. The third-order valence-electron chi connectivity index (χ3n) is 1.07. The lowest BCUT2D eigenvalue weighted by molar-refractivity contribution is 0.206. The standard InChI is InChI=1S/C5H13NO3S/c1-4(6)5(2)9-10(3,7)8/h4-5H,6H2,1-3H3/t4-,5+/m1/s1. The van der Waals surface area contributed by atoms with E-state index in [2.05, 4.69) is 4.18 Å². The number of hydrogen-bond acceptors (Lipinski definition) is 4. The summed E-state index contributed by atoms with van der Waals surface area (Å²) < 4.78 is 25.5. The Balaban J connectivity index is 3.93. The van der Waals surface area contributed by atoms with Crippen molar-refractivity contribution in [3.63, 3.8) is 0 Å². The summed E-state index contributed by atoms with van der Waals surface area (Å²) in [6.45, 7) is 3.31. The molecule has 2 N–H and O–H groups in total. The summed E-state index contributed by atoms with van der Waals surface area (Å²) in [5, 5.41) is 0. The molecule has 0 saturated heterocycles. The molecule has 0 heterocycles. The van der Waals surface area contributed by atoms with Gasteiger partial charge in [0.25, 0.3) is 10.1 Å². The second-order valence-electron chi connectivity index (χ2n) is 2.36. The van der Waals surface area contributed by atoms with Gasteiger partial charge in [-0.05, 0) is 13.8 Å². The Morgan fingerprint density at radius 3 is 1.90 bits per heavy atom. The van der Waals surface area contributed by atoms with Gasteiger partial charge in [0.05, 0.1) is 12.4 Å². The van der Waals surface area contributed by atoms with E-state index in [0.717, 1.165) is 6.26 Å². The van der Waals surface area contributed by atoms with Gasteiger partial charge in [0.1, 0.15) is 0 Å². The van der Waals surface area contributed by atoms with E-state index in [-0.39, 0.29) is 6.04 Å². The second kappa shape index (κ2) is 3.32. The molecular formula is C5H13NO3S. The van der Waals surface area contributed by atoms with Gasteiger partial charge in [0.15, 0.2) is 0 Å². The number of rotatable bonds is 3. The fourth-order valence-corrected chi connectivity index (χ4v) is 1.09. The molecule has 4 nitrogen and oxygen atoms in total. The second-order valence-corrected chi connectivity index (χ2v) is 3.97. The van der Waals surface area contributed by atoms with Crippen LogP contribution in [0.5, 0.6) is 0 Å². The normalized spacial score (nSPS) is 18.4. The first kappa shape index (κ1) is 9.87. The van der Waals surface area contributed by atoms with Gasteiger partial charge in [-0.3, -0.25) is 4.18 Å². The Kier molecular flexibility index (Phi) is 3.27. The van der Waals surface area contributed by atoms with E-state index in [1.54, 1.807) is 13.8 Å². The predicted molar refractivity (Wildman–Crippen MR) is 39.0 cm³/mol. The van der Waals surface area contributed by atoms with Crippen LogP contribution in [0.15, 0.2) is 0 Å². The third kappa shape index (κ3) is 4.72. The van der Waals surface area contributed by atoms with E-state index in [0.29, 0.717) is 0 Å². The van der Waals surface area contributed by atoms with Gasteiger partial charge in [0, 0.05) is 6.04 Å². The van der Waals surface area contributed by atoms with Gasteiger partial charge < -0.3 is 5.73 Å². The Morgan fingerprint density at radius 2 is 1.80 bits per heavy atom. The molecule has 10 heavy (non-hydrogen) atoms. The van der Waals surface area contributed by atoms with Crippen molar-refractivity contribution in [2.24, 2.45) is 5.73 Å². The van der Waals surface area contributed by atoms with E-state index in [1.165, 1.54) is 0 Å². The van der Waals surface area contributed by atoms with Crippen molar-refractivity contribution in [1.82, 2.24) is 0 Å². The summed E-state index contributed by atoms with van der Waals surface area (Å²) in [5.41, 5.74) is 5.35. The Labute approximate surface area is 61.5 Å². The summed E-state index contributed by atoms with van der Waals surface area (Å²) >= 11 is 0. The lowest BCUT2D eigenvalue weighted by Crippen LogP contribution is -2.32. The molecule has 0 bridgehead atoms. The van der Waals surface area contributed by atoms with Crippen LogP contribution in [0, 0.1) is 0 Å². The topological polar surface area (TPSA) is 69.4 Å². The maximum atomic E-state index is 10.5. The molecule has 0 unspecified atom stereocenters. The van der Waals surface area contributed by atoms with Gasteiger partial charge in [-0.2, -0.15) is 8.42 Å². The van der Waals surface area contributed by atoms with Crippen LogP contribution in [-0.4, -0.2) is 26.8 Å². The quantitative estimate of drug-likeness (QED) is 0.586. The monoisotopic (exact) mass is 167 g/mol. The van der Waals surface area contributed by atoms with Crippen LogP contribution in [0.25, 0.3) is 0 Å². The maximum absolute atomic E-state index is 10.5. The molecular weight excluding hydrogens is 154 g/mol. The van der Waals surface area contributed by atoms with Crippen molar-refractivity contribution >= 4 is 10.1 Å². The summed E-state index contributed by atoms with van der Waals surface area (Å²) in [5.74, 6) is 0. The molecule has 0 spiro atoms. The predicted octanol–water partition coefficient (Wildman–Crippen LogP) is -0.302. The molecule has 0 amide bonds. The third-order valence-corrected chi connectivity index (χ3v) is 1.72. The van der Waals surface area contributed by atoms with Gasteiger partial charge in [-0.25, -0.2) is 0 Å². The summed E-state index contributed by atoms with van der Waals surface area (Å²) in [4.78, 5) is 0. The molecule has 0 saturated carbocycles. The molecule has 0 fully saturated rings. The van der Waals surface area contributed by atoms with Gasteiger partial charge in [-0.1, -0.05) is 0 Å². The minimum absolute atomic E-state index is 0.269. The number of hydrogen-bond donors (Lipinski definition) is 1. The molecule has 5 heteroatoms. The van der Waals surface area contributed by atoms with E-state index in [1.807, 2.05) is 0 Å². The average molecular weight is 167 g/mol. The summed E-state index contributed by atoms with van der Waals surface area (Å²) in [6.07, 6.45) is 0.557. The minimum atomic E-state index is -3.35. The highest BCUT2D eigenvalue weighted by atomic mass is 32.2. The molecule has 62 valence electrons. The van der Waals surface area contributed by atoms with Crippen molar-refractivity contribution in [2.45, 2.75) is 26.0 Å². The highest BCUT2D eigenvalue weighted by molar-refractivity contribution is 7.86. The molecule has 0 aromatic rings.